The van der Waals surface area contributed by atoms with Gasteiger partial charge in [-0.3, -0.25) is 0 Å². The Bertz CT molecular complexity index is 668. The van der Waals surface area contributed by atoms with E-state index >= 15 is 0 Å². The number of hydrogen-bond acceptors (Lipinski definition) is 3. The molecular weight excluding hydrogens is 281 g/mol. The normalized spacial score (nSPS) is 11.2. The summed E-state index contributed by atoms with van der Waals surface area (Å²) >= 11 is 0. The topological polar surface area (TPSA) is 49.0 Å². The summed E-state index contributed by atoms with van der Waals surface area (Å²) < 4.78 is 44.4. The predicted molar refractivity (Wildman–Crippen MR) is 71.6 cm³/mol. The third-order valence-electron chi connectivity index (χ3n) is 2.97. The molecular formula is C15H13F3N2O. The fourth-order valence-electron chi connectivity index (χ4n) is 1.89. The van der Waals surface area contributed by atoms with E-state index in [1.165, 1.54) is 12.1 Å². The largest absolute Gasteiger partial charge is 0.464 e. The van der Waals surface area contributed by atoms with Crippen LogP contribution >= 0.6 is 0 Å². The van der Waals surface area contributed by atoms with Crippen LogP contribution in [0.2, 0.25) is 0 Å². The van der Waals surface area contributed by atoms with Gasteiger partial charge in [0.25, 0.3) is 0 Å². The molecule has 3 nitrogen and oxygen atoms in total. The second-order valence-electron chi connectivity index (χ2n) is 4.45. The molecule has 1 aromatic carbocycles. The minimum Gasteiger partial charge on any atom is -0.464 e. The zero-order valence-corrected chi connectivity index (χ0v) is 11.3. The summed E-state index contributed by atoms with van der Waals surface area (Å²) in [4.78, 5) is 0. The van der Waals surface area contributed by atoms with E-state index in [-0.39, 0.29) is 17.8 Å². The molecule has 1 aromatic heterocycles. The minimum atomic E-state index is -4.52. The number of nitriles is 1. The monoisotopic (exact) mass is 294 g/mol. The molecule has 0 aliphatic carbocycles. The number of nitrogens with zero attached hydrogens (tertiary/aromatic N) is 1. The third-order valence-corrected chi connectivity index (χ3v) is 2.97. The lowest BCUT2D eigenvalue weighted by Crippen LogP contribution is -2.11. The van der Waals surface area contributed by atoms with Crippen molar-refractivity contribution in [2.24, 2.45) is 0 Å². The van der Waals surface area contributed by atoms with Gasteiger partial charge in [-0.2, -0.15) is 18.4 Å². The summed E-state index contributed by atoms with van der Waals surface area (Å²) in [6, 6.07) is 8.66. The van der Waals surface area contributed by atoms with Crippen LogP contribution in [0.5, 0.6) is 0 Å². The number of benzene rings is 1. The molecule has 6 heteroatoms. The average molecular weight is 294 g/mol. The minimum absolute atomic E-state index is 0.0286. The van der Waals surface area contributed by atoms with Crippen molar-refractivity contribution >= 4 is 5.69 Å². The molecule has 0 amide bonds. The Morgan fingerprint density at radius 1 is 1.19 bits per heavy atom. The number of aryl methyl sites for hydroxylation is 1. The standard InChI is InChI=1S/C15H13F3N2O/c1-2-11-4-5-12(21-11)9-20-14-6-3-10(8-19)7-13(14)15(16,17)18/h3-7,20H,2,9H2,1H3. The van der Waals surface area contributed by atoms with Crippen LogP contribution in [0.1, 0.15) is 29.6 Å². The first-order valence-electron chi connectivity index (χ1n) is 6.37. The molecule has 1 heterocycles. The quantitative estimate of drug-likeness (QED) is 0.912. The fraction of sp³-hybridized carbons (Fsp3) is 0.267. The van der Waals surface area contributed by atoms with E-state index in [1.807, 2.05) is 6.92 Å². The van der Waals surface area contributed by atoms with Crippen LogP contribution < -0.4 is 5.32 Å². The summed E-state index contributed by atoms with van der Waals surface area (Å²) in [7, 11) is 0. The van der Waals surface area contributed by atoms with Crippen LogP contribution in [0.3, 0.4) is 0 Å². The van der Waals surface area contributed by atoms with Gasteiger partial charge in [-0.1, -0.05) is 6.92 Å². The van der Waals surface area contributed by atoms with Crippen molar-refractivity contribution in [3.05, 3.63) is 53.0 Å². The number of rotatable bonds is 4. The zero-order chi connectivity index (χ0) is 15.5. The second kappa shape index (κ2) is 5.92. The lowest BCUT2D eigenvalue weighted by molar-refractivity contribution is -0.137. The molecule has 0 saturated heterocycles. The zero-order valence-electron chi connectivity index (χ0n) is 11.3. The molecule has 0 atom stereocenters. The van der Waals surface area contributed by atoms with Gasteiger partial charge in [-0.05, 0) is 30.3 Å². The van der Waals surface area contributed by atoms with E-state index in [4.69, 9.17) is 9.68 Å². The number of halogens is 3. The van der Waals surface area contributed by atoms with Crippen LogP contribution in [0.25, 0.3) is 0 Å². The molecule has 0 fully saturated rings. The van der Waals surface area contributed by atoms with Gasteiger partial charge in [0.1, 0.15) is 11.5 Å². The Morgan fingerprint density at radius 2 is 1.90 bits per heavy atom. The lowest BCUT2D eigenvalue weighted by Gasteiger charge is -2.14. The molecule has 1 N–H and O–H groups in total. The van der Waals surface area contributed by atoms with Crippen LogP contribution in [0, 0.1) is 11.3 Å². The van der Waals surface area contributed by atoms with Gasteiger partial charge >= 0.3 is 6.18 Å². The SMILES string of the molecule is CCc1ccc(CNc2ccc(C#N)cc2C(F)(F)F)o1. The van der Waals surface area contributed by atoms with E-state index in [9.17, 15) is 13.2 Å². The van der Waals surface area contributed by atoms with E-state index in [0.717, 1.165) is 18.2 Å². The summed E-state index contributed by atoms with van der Waals surface area (Å²) in [5, 5.41) is 11.4. The van der Waals surface area contributed by atoms with Crippen molar-refractivity contribution in [1.82, 2.24) is 0 Å². The Hall–Kier alpha value is -2.42. The van der Waals surface area contributed by atoms with E-state index < -0.39 is 11.7 Å². The van der Waals surface area contributed by atoms with Crippen LogP contribution in [-0.4, -0.2) is 0 Å². The van der Waals surface area contributed by atoms with Gasteiger partial charge in [0.2, 0.25) is 0 Å². The van der Waals surface area contributed by atoms with Crippen molar-refractivity contribution in [1.29, 1.82) is 5.26 Å². The van der Waals surface area contributed by atoms with Gasteiger partial charge < -0.3 is 9.73 Å². The van der Waals surface area contributed by atoms with Gasteiger partial charge in [0.05, 0.1) is 23.7 Å². The number of alkyl halides is 3. The number of furan rings is 1. The lowest BCUT2D eigenvalue weighted by atomic mass is 10.1. The molecule has 0 unspecified atom stereocenters. The van der Waals surface area contributed by atoms with Crippen LogP contribution in [0.15, 0.2) is 34.7 Å². The third kappa shape index (κ3) is 3.57. The van der Waals surface area contributed by atoms with Crippen molar-refractivity contribution < 1.29 is 17.6 Å². The molecule has 0 aliphatic rings. The molecule has 0 radical (unpaired) electrons. The number of nitrogens with one attached hydrogen (secondary N) is 1. The summed E-state index contributed by atoms with van der Waals surface area (Å²) in [5.41, 5.74) is -0.959. The van der Waals surface area contributed by atoms with Gasteiger partial charge in [0, 0.05) is 12.1 Å². The maximum Gasteiger partial charge on any atom is 0.418 e. The molecule has 2 rings (SSSR count). The molecule has 0 spiro atoms. The Labute approximate surface area is 120 Å². The van der Waals surface area contributed by atoms with Crippen LogP contribution in [0.4, 0.5) is 18.9 Å². The van der Waals surface area contributed by atoms with E-state index in [0.29, 0.717) is 5.76 Å². The van der Waals surface area contributed by atoms with Gasteiger partial charge in [-0.15, -0.1) is 0 Å². The Morgan fingerprint density at radius 3 is 2.48 bits per heavy atom. The van der Waals surface area contributed by atoms with Crippen molar-refractivity contribution in [3.63, 3.8) is 0 Å². The predicted octanol–water partition coefficient (Wildman–Crippen LogP) is 4.34. The molecule has 2 aromatic rings. The highest BCUT2D eigenvalue weighted by atomic mass is 19.4. The Balaban J connectivity index is 2.21. The smallest absolute Gasteiger partial charge is 0.418 e. The maximum absolute atomic E-state index is 13.0. The van der Waals surface area contributed by atoms with Gasteiger partial charge in [-0.25, -0.2) is 0 Å². The van der Waals surface area contributed by atoms with Gasteiger partial charge in [0.15, 0.2) is 0 Å². The van der Waals surface area contributed by atoms with Crippen molar-refractivity contribution in [2.75, 3.05) is 5.32 Å². The molecule has 0 bridgehead atoms. The molecule has 0 saturated carbocycles. The average Bonchev–Trinajstić information content (AvgIpc) is 2.92. The van der Waals surface area contributed by atoms with E-state index in [1.54, 1.807) is 18.2 Å². The van der Waals surface area contributed by atoms with E-state index in [2.05, 4.69) is 5.32 Å². The first-order chi connectivity index (χ1) is 9.94. The van der Waals surface area contributed by atoms with Crippen molar-refractivity contribution in [3.8, 4) is 6.07 Å². The number of hydrogen-bond donors (Lipinski definition) is 1. The molecule has 0 aliphatic heterocycles. The maximum atomic E-state index is 13.0. The highest BCUT2D eigenvalue weighted by Gasteiger charge is 2.33. The fourth-order valence-corrected chi connectivity index (χ4v) is 1.89. The molecule has 21 heavy (non-hydrogen) atoms. The first-order valence-corrected chi connectivity index (χ1v) is 6.37. The first kappa shape index (κ1) is 15.0. The van der Waals surface area contributed by atoms with Crippen LogP contribution in [-0.2, 0) is 19.1 Å². The number of anilines is 1. The summed E-state index contributed by atoms with van der Waals surface area (Å²) in [5.74, 6) is 1.34. The van der Waals surface area contributed by atoms with Crippen molar-refractivity contribution in [2.45, 2.75) is 26.1 Å². The highest BCUT2D eigenvalue weighted by molar-refractivity contribution is 5.56. The summed E-state index contributed by atoms with van der Waals surface area (Å²) in [6.07, 6.45) is -3.79. The summed E-state index contributed by atoms with van der Waals surface area (Å²) in [6.45, 7) is 2.08. The second-order valence-corrected chi connectivity index (χ2v) is 4.45. The molecule has 110 valence electrons. The Kier molecular flexibility index (Phi) is 4.22. The highest BCUT2D eigenvalue weighted by Crippen LogP contribution is 2.35.